The predicted octanol–water partition coefficient (Wildman–Crippen LogP) is 6.86. The highest BCUT2D eigenvalue weighted by Gasteiger charge is 2.13. The van der Waals surface area contributed by atoms with Gasteiger partial charge in [0, 0.05) is 29.1 Å². The maximum atomic E-state index is 5.70. The number of hydrogen-bond acceptors (Lipinski definition) is 3. The van der Waals surface area contributed by atoms with Gasteiger partial charge in [0.25, 0.3) is 0 Å². The van der Waals surface area contributed by atoms with Crippen LogP contribution in [-0.4, -0.2) is 19.5 Å². The first-order valence-electron chi connectivity index (χ1n) is 9.80. The number of rotatable bonds is 6. The van der Waals surface area contributed by atoms with E-state index in [0.717, 1.165) is 39.4 Å². The third kappa shape index (κ3) is 4.53. The molecule has 0 unspecified atom stereocenters. The molecule has 4 aromatic carbocycles. The lowest BCUT2D eigenvalue weighted by atomic mass is 9.95. The number of aliphatic imine (C=N–C) groups is 2. The summed E-state index contributed by atoms with van der Waals surface area (Å²) in [4.78, 5) is 9.29. The molecule has 30 heavy (non-hydrogen) atoms. The summed E-state index contributed by atoms with van der Waals surface area (Å²) in [6, 6.07) is 34.0. The molecule has 0 saturated carbocycles. The van der Waals surface area contributed by atoms with Crippen LogP contribution >= 0.6 is 0 Å². The van der Waals surface area contributed by atoms with Crippen molar-refractivity contribution in [1.29, 1.82) is 0 Å². The zero-order valence-corrected chi connectivity index (χ0v) is 16.8. The second kappa shape index (κ2) is 9.48. The molecule has 0 saturated heterocycles. The van der Waals surface area contributed by atoms with Gasteiger partial charge in [-0.1, -0.05) is 72.8 Å². The van der Waals surface area contributed by atoms with E-state index < -0.39 is 0 Å². The molecule has 146 valence electrons. The van der Waals surface area contributed by atoms with Crippen LogP contribution < -0.4 is 4.74 Å². The Morgan fingerprint density at radius 2 is 1.10 bits per heavy atom. The van der Waals surface area contributed by atoms with Gasteiger partial charge in [0.05, 0.1) is 18.5 Å². The van der Waals surface area contributed by atoms with Gasteiger partial charge >= 0.3 is 0 Å². The summed E-state index contributed by atoms with van der Waals surface area (Å²) in [5.41, 5.74) is 5.86. The standard InChI is InChI=1S/C27H22N2O/c1-30-26-18-10-12-22(20-29-24-15-6-3-7-16-24)27(26)25-17-9-8-11-21(25)19-28-23-13-4-2-5-14-23/h2-20H,1H3. The highest BCUT2D eigenvalue weighted by atomic mass is 16.5. The Hall–Kier alpha value is -3.98. The Morgan fingerprint density at radius 3 is 1.73 bits per heavy atom. The van der Waals surface area contributed by atoms with E-state index in [2.05, 4.69) is 28.2 Å². The second-order valence-electron chi connectivity index (χ2n) is 6.70. The van der Waals surface area contributed by atoms with Crippen LogP contribution in [0.3, 0.4) is 0 Å². The van der Waals surface area contributed by atoms with Crippen LogP contribution in [0.4, 0.5) is 11.4 Å². The van der Waals surface area contributed by atoms with Crippen molar-refractivity contribution in [3.63, 3.8) is 0 Å². The average Bonchev–Trinajstić information content (AvgIpc) is 2.82. The lowest BCUT2D eigenvalue weighted by Crippen LogP contribution is -1.97. The summed E-state index contributed by atoms with van der Waals surface area (Å²) in [5.74, 6) is 0.799. The lowest BCUT2D eigenvalue weighted by molar-refractivity contribution is 0.416. The maximum Gasteiger partial charge on any atom is 0.127 e. The number of nitrogens with zero attached hydrogens (tertiary/aromatic N) is 2. The van der Waals surface area contributed by atoms with Gasteiger partial charge < -0.3 is 4.74 Å². The van der Waals surface area contributed by atoms with Crippen molar-refractivity contribution in [2.45, 2.75) is 0 Å². The summed E-state index contributed by atoms with van der Waals surface area (Å²) in [7, 11) is 1.69. The number of hydrogen-bond donors (Lipinski definition) is 0. The summed E-state index contributed by atoms with van der Waals surface area (Å²) < 4.78 is 5.70. The van der Waals surface area contributed by atoms with Gasteiger partial charge in [0.2, 0.25) is 0 Å². The fraction of sp³-hybridized carbons (Fsp3) is 0.0370. The van der Waals surface area contributed by atoms with E-state index in [0.29, 0.717) is 0 Å². The molecule has 0 spiro atoms. The zero-order valence-electron chi connectivity index (χ0n) is 16.8. The second-order valence-corrected chi connectivity index (χ2v) is 6.70. The monoisotopic (exact) mass is 390 g/mol. The molecule has 0 fully saturated rings. The van der Waals surface area contributed by atoms with Crippen LogP contribution in [0.25, 0.3) is 11.1 Å². The fourth-order valence-corrected chi connectivity index (χ4v) is 3.27. The molecule has 3 heteroatoms. The number of para-hydroxylation sites is 2. The molecule has 4 aromatic rings. The molecular weight excluding hydrogens is 368 g/mol. The van der Waals surface area contributed by atoms with E-state index in [4.69, 9.17) is 4.74 Å². The van der Waals surface area contributed by atoms with Crippen molar-refractivity contribution in [3.8, 4) is 16.9 Å². The maximum absolute atomic E-state index is 5.70. The molecule has 3 nitrogen and oxygen atoms in total. The first kappa shape index (κ1) is 19.3. The van der Waals surface area contributed by atoms with Gasteiger partial charge in [-0.05, 0) is 35.9 Å². The van der Waals surface area contributed by atoms with Crippen molar-refractivity contribution < 1.29 is 4.74 Å². The highest BCUT2D eigenvalue weighted by molar-refractivity contribution is 5.99. The molecule has 0 bridgehead atoms. The first-order valence-corrected chi connectivity index (χ1v) is 9.80. The van der Waals surface area contributed by atoms with Gasteiger partial charge in [0.1, 0.15) is 5.75 Å². The molecule has 0 N–H and O–H groups in total. The molecule has 0 radical (unpaired) electrons. The number of ether oxygens (including phenoxy) is 1. The molecule has 0 atom stereocenters. The summed E-state index contributed by atoms with van der Waals surface area (Å²) >= 11 is 0. The van der Waals surface area contributed by atoms with Crippen LogP contribution in [0, 0.1) is 0 Å². The molecule has 4 rings (SSSR count). The quantitative estimate of drug-likeness (QED) is 0.331. The van der Waals surface area contributed by atoms with E-state index in [9.17, 15) is 0 Å². The number of methoxy groups -OCH3 is 1. The van der Waals surface area contributed by atoms with Crippen molar-refractivity contribution >= 4 is 23.8 Å². The predicted molar refractivity (Wildman–Crippen MR) is 126 cm³/mol. The van der Waals surface area contributed by atoms with E-state index in [-0.39, 0.29) is 0 Å². The van der Waals surface area contributed by atoms with E-state index in [1.807, 2.05) is 97.4 Å². The minimum Gasteiger partial charge on any atom is -0.496 e. The molecule has 0 amide bonds. The van der Waals surface area contributed by atoms with Crippen LogP contribution in [-0.2, 0) is 0 Å². The Labute approximate surface area is 177 Å². The highest BCUT2D eigenvalue weighted by Crippen LogP contribution is 2.35. The smallest absolute Gasteiger partial charge is 0.127 e. The summed E-state index contributed by atoms with van der Waals surface area (Å²) in [6.07, 6.45) is 3.79. The van der Waals surface area contributed by atoms with Crippen molar-refractivity contribution in [3.05, 3.63) is 114 Å². The third-order valence-electron chi connectivity index (χ3n) is 4.73. The molecule has 0 aliphatic rings. The van der Waals surface area contributed by atoms with Crippen molar-refractivity contribution in [2.24, 2.45) is 9.98 Å². The zero-order chi connectivity index (χ0) is 20.6. The fourth-order valence-electron chi connectivity index (χ4n) is 3.27. The molecule has 0 aromatic heterocycles. The van der Waals surface area contributed by atoms with Gasteiger partial charge in [-0.3, -0.25) is 9.98 Å². The van der Waals surface area contributed by atoms with Gasteiger partial charge in [-0.2, -0.15) is 0 Å². The van der Waals surface area contributed by atoms with Crippen LogP contribution in [0.15, 0.2) is 113 Å². The Morgan fingerprint density at radius 1 is 0.567 bits per heavy atom. The minimum absolute atomic E-state index is 0.799. The topological polar surface area (TPSA) is 34.0 Å². The largest absolute Gasteiger partial charge is 0.496 e. The Kier molecular flexibility index (Phi) is 6.11. The number of benzene rings is 4. The summed E-state index contributed by atoms with van der Waals surface area (Å²) in [5, 5.41) is 0. The van der Waals surface area contributed by atoms with E-state index in [1.54, 1.807) is 7.11 Å². The van der Waals surface area contributed by atoms with Crippen LogP contribution in [0.2, 0.25) is 0 Å². The average molecular weight is 390 g/mol. The third-order valence-corrected chi connectivity index (χ3v) is 4.73. The SMILES string of the molecule is COc1cccc(C=Nc2ccccc2)c1-c1ccccc1C=Nc1ccccc1. The van der Waals surface area contributed by atoms with Gasteiger partial charge in [-0.15, -0.1) is 0 Å². The molecule has 0 aliphatic carbocycles. The van der Waals surface area contributed by atoms with Crippen molar-refractivity contribution in [2.75, 3.05) is 7.11 Å². The van der Waals surface area contributed by atoms with Gasteiger partial charge in [-0.25, -0.2) is 0 Å². The molecule has 0 aliphatic heterocycles. The Balaban J connectivity index is 1.79. The summed E-state index contributed by atoms with van der Waals surface area (Å²) in [6.45, 7) is 0. The lowest BCUT2D eigenvalue weighted by Gasteiger charge is -2.14. The normalized spacial score (nSPS) is 11.2. The van der Waals surface area contributed by atoms with E-state index in [1.165, 1.54) is 0 Å². The van der Waals surface area contributed by atoms with Crippen LogP contribution in [0.1, 0.15) is 11.1 Å². The Bertz CT molecular complexity index is 1170. The molecule has 0 heterocycles. The van der Waals surface area contributed by atoms with Gasteiger partial charge in [0.15, 0.2) is 0 Å². The first-order chi connectivity index (χ1) is 14.8. The minimum atomic E-state index is 0.799. The van der Waals surface area contributed by atoms with Crippen LogP contribution in [0.5, 0.6) is 5.75 Å². The van der Waals surface area contributed by atoms with E-state index >= 15 is 0 Å². The van der Waals surface area contributed by atoms with Crippen molar-refractivity contribution in [1.82, 2.24) is 0 Å². The molecular formula is C27H22N2O.